The molecule has 0 aromatic carbocycles. The van der Waals surface area contributed by atoms with Crippen molar-refractivity contribution in [2.75, 3.05) is 20.6 Å². The molecule has 0 aliphatic rings. The van der Waals surface area contributed by atoms with Gasteiger partial charge in [0.15, 0.2) is 0 Å². The zero-order valence-corrected chi connectivity index (χ0v) is 19.9. The van der Waals surface area contributed by atoms with Crippen molar-refractivity contribution in [3.05, 3.63) is 0 Å². The lowest BCUT2D eigenvalue weighted by atomic mass is 9.93. The first kappa shape index (κ1) is 27.0. The van der Waals surface area contributed by atoms with Crippen LogP contribution in [0.2, 0.25) is 0 Å². The molecule has 0 heterocycles. The third kappa shape index (κ3) is 22.1. The monoisotopic (exact) mass is 381 g/mol. The van der Waals surface area contributed by atoms with E-state index in [1.54, 1.807) is 0 Å². The molecule has 0 rings (SSSR count). The predicted molar refractivity (Wildman–Crippen MR) is 126 cm³/mol. The summed E-state index contributed by atoms with van der Waals surface area (Å²) in [5.74, 6) is 0.939. The van der Waals surface area contributed by atoms with Gasteiger partial charge in [0.05, 0.1) is 0 Å². The van der Waals surface area contributed by atoms with Crippen LogP contribution >= 0.6 is 0 Å². The largest absolute Gasteiger partial charge is 0.309 e. The molecule has 0 fully saturated rings. The summed E-state index contributed by atoms with van der Waals surface area (Å²) in [6.45, 7) is 5.91. The van der Waals surface area contributed by atoms with Crippen molar-refractivity contribution in [2.45, 2.75) is 142 Å². The maximum atomic E-state index is 2.41. The molecule has 27 heavy (non-hydrogen) atoms. The van der Waals surface area contributed by atoms with Crippen molar-refractivity contribution in [1.29, 1.82) is 0 Å². The Morgan fingerprint density at radius 2 is 0.741 bits per heavy atom. The molecular formula is C26H55N. The van der Waals surface area contributed by atoms with Crippen molar-refractivity contribution >= 4 is 0 Å². The van der Waals surface area contributed by atoms with Crippen molar-refractivity contribution in [2.24, 2.45) is 5.92 Å². The van der Waals surface area contributed by atoms with Gasteiger partial charge in [-0.2, -0.15) is 0 Å². The number of rotatable bonds is 22. The van der Waals surface area contributed by atoms with E-state index in [0.717, 1.165) is 5.92 Å². The Labute approximate surface area is 174 Å². The van der Waals surface area contributed by atoms with Gasteiger partial charge in [0.1, 0.15) is 0 Å². The van der Waals surface area contributed by atoms with E-state index in [9.17, 15) is 0 Å². The first-order chi connectivity index (χ1) is 13.2. The van der Waals surface area contributed by atoms with E-state index in [4.69, 9.17) is 0 Å². The summed E-state index contributed by atoms with van der Waals surface area (Å²) < 4.78 is 0. The van der Waals surface area contributed by atoms with Gasteiger partial charge < -0.3 is 4.90 Å². The number of unbranched alkanes of at least 4 members (excludes halogenated alkanes) is 16. The first-order valence-electron chi connectivity index (χ1n) is 12.8. The SMILES string of the molecule is CCCCCCCCCCCCC(CCCCCCCCCC)CN(C)C. The van der Waals surface area contributed by atoms with Crippen molar-refractivity contribution < 1.29 is 0 Å². The van der Waals surface area contributed by atoms with Crippen LogP contribution in [0.1, 0.15) is 142 Å². The lowest BCUT2D eigenvalue weighted by molar-refractivity contribution is 0.286. The van der Waals surface area contributed by atoms with Crippen molar-refractivity contribution in [3.8, 4) is 0 Å². The molecule has 0 aromatic rings. The molecule has 0 amide bonds. The van der Waals surface area contributed by atoms with Gasteiger partial charge in [0.2, 0.25) is 0 Å². The number of nitrogens with zero attached hydrogens (tertiary/aromatic N) is 1. The zero-order chi connectivity index (χ0) is 20.0. The Hall–Kier alpha value is -0.0400. The molecule has 0 radical (unpaired) electrons. The normalized spacial score (nSPS) is 12.8. The second kappa shape index (κ2) is 22.3. The fourth-order valence-corrected chi connectivity index (χ4v) is 4.33. The maximum absolute atomic E-state index is 2.41. The van der Waals surface area contributed by atoms with Gasteiger partial charge >= 0.3 is 0 Å². The highest BCUT2D eigenvalue weighted by Gasteiger charge is 2.09. The molecule has 0 N–H and O–H groups in total. The van der Waals surface area contributed by atoms with E-state index in [2.05, 4.69) is 32.8 Å². The highest BCUT2D eigenvalue weighted by atomic mass is 15.1. The molecular weight excluding hydrogens is 326 g/mol. The fraction of sp³-hybridized carbons (Fsp3) is 1.00. The summed E-state index contributed by atoms with van der Waals surface area (Å²) >= 11 is 0. The van der Waals surface area contributed by atoms with E-state index < -0.39 is 0 Å². The molecule has 1 atom stereocenters. The average molecular weight is 382 g/mol. The van der Waals surface area contributed by atoms with Gasteiger partial charge in [-0.05, 0) is 32.9 Å². The van der Waals surface area contributed by atoms with E-state index in [-0.39, 0.29) is 0 Å². The highest BCUT2D eigenvalue weighted by molar-refractivity contribution is 4.64. The highest BCUT2D eigenvalue weighted by Crippen LogP contribution is 2.20. The van der Waals surface area contributed by atoms with Gasteiger partial charge in [0.25, 0.3) is 0 Å². The molecule has 0 spiro atoms. The summed E-state index contributed by atoms with van der Waals surface area (Å²) in [5.41, 5.74) is 0. The second-order valence-electron chi connectivity index (χ2n) is 9.36. The first-order valence-corrected chi connectivity index (χ1v) is 12.8. The van der Waals surface area contributed by atoms with Crippen molar-refractivity contribution in [1.82, 2.24) is 4.90 Å². The summed E-state index contributed by atoms with van der Waals surface area (Å²) in [7, 11) is 4.50. The average Bonchev–Trinajstić information content (AvgIpc) is 2.64. The topological polar surface area (TPSA) is 3.24 Å². The van der Waals surface area contributed by atoms with E-state index >= 15 is 0 Å². The van der Waals surface area contributed by atoms with Gasteiger partial charge in [-0.3, -0.25) is 0 Å². The lowest BCUT2D eigenvalue weighted by Crippen LogP contribution is -2.21. The van der Waals surface area contributed by atoms with Gasteiger partial charge in [-0.15, -0.1) is 0 Å². The van der Waals surface area contributed by atoms with Crippen LogP contribution in [0.3, 0.4) is 0 Å². The molecule has 0 bridgehead atoms. The Balaban J connectivity index is 3.56. The Morgan fingerprint density at radius 3 is 1.04 bits per heavy atom. The molecule has 0 aromatic heterocycles. The lowest BCUT2D eigenvalue weighted by Gasteiger charge is -2.21. The smallest absolute Gasteiger partial charge is 0.000356 e. The quantitative estimate of drug-likeness (QED) is 0.169. The molecule has 0 saturated heterocycles. The fourth-order valence-electron chi connectivity index (χ4n) is 4.33. The maximum Gasteiger partial charge on any atom is 0.000356 e. The molecule has 1 heteroatoms. The van der Waals surface area contributed by atoms with Crippen molar-refractivity contribution in [3.63, 3.8) is 0 Å². The minimum atomic E-state index is 0.939. The predicted octanol–water partition coefficient (Wildman–Crippen LogP) is 9.01. The van der Waals surface area contributed by atoms with Crippen LogP contribution in [0.4, 0.5) is 0 Å². The van der Waals surface area contributed by atoms with Crippen LogP contribution in [0.15, 0.2) is 0 Å². The second-order valence-corrected chi connectivity index (χ2v) is 9.36. The molecule has 0 aliphatic carbocycles. The van der Waals surface area contributed by atoms with E-state index in [1.807, 2.05) is 0 Å². The van der Waals surface area contributed by atoms with Crippen LogP contribution in [0, 0.1) is 5.92 Å². The van der Waals surface area contributed by atoms with Gasteiger partial charge in [0, 0.05) is 6.54 Å². The van der Waals surface area contributed by atoms with Gasteiger partial charge in [-0.25, -0.2) is 0 Å². The zero-order valence-electron chi connectivity index (χ0n) is 19.9. The standard InChI is InChI=1S/C26H55N/c1-5-7-9-11-13-15-16-18-20-22-24-26(25-27(3)4)23-21-19-17-14-12-10-8-6-2/h26H,5-25H2,1-4H3. The molecule has 1 unspecified atom stereocenters. The Morgan fingerprint density at radius 1 is 0.444 bits per heavy atom. The summed E-state index contributed by atoms with van der Waals surface area (Å²) in [6, 6.07) is 0. The van der Waals surface area contributed by atoms with Gasteiger partial charge in [-0.1, -0.05) is 129 Å². The third-order valence-corrected chi connectivity index (χ3v) is 6.06. The molecule has 0 aliphatic heterocycles. The minimum absolute atomic E-state index is 0.939. The molecule has 164 valence electrons. The van der Waals surface area contributed by atoms with Crippen LogP contribution in [-0.4, -0.2) is 25.5 Å². The Bertz CT molecular complexity index is 261. The number of hydrogen-bond acceptors (Lipinski definition) is 1. The minimum Gasteiger partial charge on any atom is -0.309 e. The van der Waals surface area contributed by atoms with Crippen LogP contribution in [-0.2, 0) is 0 Å². The Kier molecular flexibility index (Phi) is 22.2. The summed E-state index contributed by atoms with van der Waals surface area (Å²) in [4.78, 5) is 2.41. The van der Waals surface area contributed by atoms with Crippen LogP contribution in [0.5, 0.6) is 0 Å². The number of hydrogen-bond donors (Lipinski definition) is 0. The molecule has 0 saturated carbocycles. The summed E-state index contributed by atoms with van der Waals surface area (Å²) in [6.07, 6.45) is 29.1. The van der Waals surface area contributed by atoms with E-state index in [0.29, 0.717) is 0 Å². The van der Waals surface area contributed by atoms with Crippen LogP contribution in [0.25, 0.3) is 0 Å². The molecule has 1 nitrogen and oxygen atoms in total. The summed E-state index contributed by atoms with van der Waals surface area (Å²) in [5, 5.41) is 0. The van der Waals surface area contributed by atoms with E-state index in [1.165, 1.54) is 135 Å². The van der Waals surface area contributed by atoms with Crippen LogP contribution < -0.4 is 0 Å². The third-order valence-electron chi connectivity index (χ3n) is 6.06.